The van der Waals surface area contributed by atoms with Gasteiger partial charge in [0.15, 0.2) is 5.82 Å². The lowest BCUT2D eigenvalue weighted by Crippen LogP contribution is -2.12. The topological polar surface area (TPSA) is 107 Å². The number of nitrogen functional groups attached to an aromatic ring is 1. The van der Waals surface area contributed by atoms with E-state index in [4.69, 9.17) is 21.9 Å². The molecule has 0 amide bonds. The maximum Gasteiger partial charge on any atom is 0.354 e. The highest BCUT2D eigenvalue weighted by Gasteiger charge is 2.20. The van der Waals surface area contributed by atoms with E-state index in [1.807, 2.05) is 0 Å². The van der Waals surface area contributed by atoms with Gasteiger partial charge in [-0.1, -0.05) is 23.7 Å². The molecule has 0 radical (unpaired) electrons. The maximum atomic E-state index is 12.2. The summed E-state index contributed by atoms with van der Waals surface area (Å²) in [6, 6.07) is 13.6. The van der Waals surface area contributed by atoms with Gasteiger partial charge in [0.2, 0.25) is 5.16 Å². The third kappa shape index (κ3) is 2.79. The summed E-state index contributed by atoms with van der Waals surface area (Å²) in [6.45, 7) is 0. The lowest BCUT2D eigenvalue weighted by Gasteiger charge is -2.06. The first-order valence-electron chi connectivity index (χ1n) is 7.43. The standard InChI is InChI=1S/C17H11ClN4O3S/c18-10-7-5-9(6-8-10)15-20-21-17(22(15)19)26-14-13(23)11-3-1-2-4-12(11)25-16(14)24/h1-8,23H,19H2. The second-order valence-electron chi connectivity index (χ2n) is 5.35. The van der Waals surface area contributed by atoms with Crippen molar-refractivity contribution in [2.24, 2.45) is 0 Å². The van der Waals surface area contributed by atoms with Crippen LogP contribution in [0.25, 0.3) is 22.4 Å². The number of rotatable bonds is 3. The van der Waals surface area contributed by atoms with E-state index in [1.54, 1.807) is 48.5 Å². The molecule has 7 nitrogen and oxygen atoms in total. The average molecular weight is 387 g/mol. The van der Waals surface area contributed by atoms with Crippen LogP contribution in [0, 0.1) is 0 Å². The third-order valence-electron chi connectivity index (χ3n) is 3.71. The first-order chi connectivity index (χ1) is 12.5. The zero-order chi connectivity index (χ0) is 18.3. The molecule has 0 aliphatic heterocycles. The Bertz CT molecular complexity index is 1170. The van der Waals surface area contributed by atoms with E-state index >= 15 is 0 Å². The van der Waals surface area contributed by atoms with Gasteiger partial charge in [0.1, 0.15) is 16.2 Å². The number of hydrogen-bond acceptors (Lipinski definition) is 7. The molecule has 0 aliphatic carbocycles. The van der Waals surface area contributed by atoms with E-state index in [0.29, 0.717) is 27.4 Å². The van der Waals surface area contributed by atoms with Crippen molar-refractivity contribution in [3.63, 3.8) is 0 Å². The number of nitrogens with zero attached hydrogens (tertiary/aromatic N) is 3. The summed E-state index contributed by atoms with van der Waals surface area (Å²) in [5.41, 5.74) is 0.337. The largest absolute Gasteiger partial charge is 0.506 e. The molecule has 0 aliphatic rings. The molecular weight excluding hydrogens is 376 g/mol. The van der Waals surface area contributed by atoms with Gasteiger partial charge in [-0.2, -0.15) is 0 Å². The second kappa shape index (κ2) is 6.40. The Morgan fingerprint density at radius 3 is 2.62 bits per heavy atom. The smallest absolute Gasteiger partial charge is 0.354 e. The fourth-order valence-corrected chi connectivity index (χ4v) is 3.35. The van der Waals surface area contributed by atoms with Gasteiger partial charge in [-0.05, 0) is 48.2 Å². The predicted molar refractivity (Wildman–Crippen MR) is 98.9 cm³/mol. The number of aromatic nitrogens is 3. The maximum absolute atomic E-state index is 12.2. The minimum absolute atomic E-state index is 0.00884. The van der Waals surface area contributed by atoms with Gasteiger partial charge in [-0.25, -0.2) is 9.47 Å². The van der Waals surface area contributed by atoms with Crippen molar-refractivity contribution < 1.29 is 9.52 Å². The fraction of sp³-hybridized carbons (Fsp3) is 0. The van der Waals surface area contributed by atoms with Crippen molar-refractivity contribution in [2.75, 3.05) is 5.84 Å². The van der Waals surface area contributed by atoms with Gasteiger partial charge in [0.05, 0.1) is 5.39 Å². The van der Waals surface area contributed by atoms with Crippen LogP contribution < -0.4 is 11.5 Å². The van der Waals surface area contributed by atoms with Crippen LogP contribution in [0.1, 0.15) is 0 Å². The first kappa shape index (κ1) is 16.5. The van der Waals surface area contributed by atoms with Crippen LogP contribution >= 0.6 is 23.4 Å². The normalized spacial score (nSPS) is 11.1. The Hall–Kier alpha value is -2.97. The Morgan fingerprint density at radius 1 is 1.12 bits per heavy atom. The molecule has 130 valence electrons. The molecule has 0 bridgehead atoms. The molecule has 0 fully saturated rings. The van der Waals surface area contributed by atoms with Gasteiger partial charge < -0.3 is 15.4 Å². The fourth-order valence-electron chi connectivity index (χ4n) is 2.44. The Balaban J connectivity index is 1.76. The molecule has 2 aromatic carbocycles. The number of halogens is 1. The van der Waals surface area contributed by atoms with Crippen LogP contribution in [0.2, 0.25) is 5.02 Å². The summed E-state index contributed by atoms with van der Waals surface area (Å²) in [5.74, 6) is 6.27. The van der Waals surface area contributed by atoms with Crippen molar-refractivity contribution in [1.29, 1.82) is 0 Å². The average Bonchev–Trinajstić information content (AvgIpc) is 3.00. The lowest BCUT2D eigenvalue weighted by molar-refractivity contribution is 0.447. The second-order valence-corrected chi connectivity index (χ2v) is 6.76. The molecule has 0 spiro atoms. The van der Waals surface area contributed by atoms with Crippen molar-refractivity contribution in [1.82, 2.24) is 14.9 Å². The van der Waals surface area contributed by atoms with Crippen LogP contribution in [0.15, 0.2) is 67.8 Å². The SMILES string of the molecule is Nn1c(Sc2c(O)c3ccccc3oc2=O)nnc1-c1ccc(Cl)cc1. The molecule has 4 rings (SSSR count). The summed E-state index contributed by atoms with van der Waals surface area (Å²) < 4.78 is 6.48. The quantitative estimate of drug-likeness (QED) is 0.411. The number of aromatic hydroxyl groups is 1. The highest BCUT2D eigenvalue weighted by atomic mass is 35.5. The van der Waals surface area contributed by atoms with E-state index < -0.39 is 5.63 Å². The molecule has 0 unspecified atom stereocenters. The minimum atomic E-state index is -0.678. The van der Waals surface area contributed by atoms with Gasteiger partial charge in [0, 0.05) is 10.6 Å². The monoisotopic (exact) mass is 386 g/mol. The number of hydrogen-bond donors (Lipinski definition) is 2. The molecule has 0 saturated heterocycles. The van der Waals surface area contributed by atoms with Gasteiger partial charge in [-0.15, -0.1) is 10.2 Å². The van der Waals surface area contributed by atoms with Crippen molar-refractivity contribution in [3.8, 4) is 17.1 Å². The van der Waals surface area contributed by atoms with Crippen LogP contribution in [-0.4, -0.2) is 20.0 Å². The zero-order valence-electron chi connectivity index (χ0n) is 13.1. The minimum Gasteiger partial charge on any atom is -0.506 e. The van der Waals surface area contributed by atoms with Gasteiger partial charge in [0.25, 0.3) is 0 Å². The highest BCUT2D eigenvalue weighted by Crippen LogP contribution is 2.36. The molecule has 2 aromatic heterocycles. The van der Waals surface area contributed by atoms with Gasteiger partial charge >= 0.3 is 5.63 Å². The number of fused-ring (bicyclic) bond motifs is 1. The number of para-hydroxylation sites is 1. The predicted octanol–water partition coefficient (Wildman–Crippen LogP) is 3.28. The zero-order valence-corrected chi connectivity index (χ0v) is 14.7. The third-order valence-corrected chi connectivity index (χ3v) is 4.98. The number of benzene rings is 2. The van der Waals surface area contributed by atoms with E-state index in [1.165, 1.54) is 4.68 Å². The van der Waals surface area contributed by atoms with Crippen LogP contribution in [0.4, 0.5) is 0 Å². The highest BCUT2D eigenvalue weighted by molar-refractivity contribution is 7.99. The molecule has 3 N–H and O–H groups in total. The summed E-state index contributed by atoms with van der Waals surface area (Å²) in [7, 11) is 0. The summed E-state index contributed by atoms with van der Waals surface area (Å²) in [5, 5.41) is 19.7. The van der Waals surface area contributed by atoms with Crippen LogP contribution in [0.5, 0.6) is 5.75 Å². The van der Waals surface area contributed by atoms with Crippen molar-refractivity contribution >= 4 is 34.3 Å². The lowest BCUT2D eigenvalue weighted by atomic mass is 10.2. The van der Waals surface area contributed by atoms with Crippen LogP contribution in [0.3, 0.4) is 0 Å². The van der Waals surface area contributed by atoms with E-state index in [-0.39, 0.29) is 15.8 Å². The summed E-state index contributed by atoms with van der Waals surface area (Å²) in [4.78, 5) is 12.2. The summed E-state index contributed by atoms with van der Waals surface area (Å²) in [6.07, 6.45) is 0. The molecular formula is C17H11ClN4O3S. The summed E-state index contributed by atoms with van der Waals surface area (Å²) >= 11 is 6.77. The van der Waals surface area contributed by atoms with Crippen molar-refractivity contribution in [2.45, 2.75) is 10.1 Å². The molecule has 9 heteroatoms. The van der Waals surface area contributed by atoms with Crippen molar-refractivity contribution in [3.05, 3.63) is 64.0 Å². The number of nitrogens with two attached hydrogens (primary N) is 1. The van der Waals surface area contributed by atoms with E-state index in [0.717, 1.165) is 11.8 Å². The van der Waals surface area contributed by atoms with E-state index in [2.05, 4.69) is 10.2 Å². The van der Waals surface area contributed by atoms with E-state index in [9.17, 15) is 9.90 Å². The first-order valence-corrected chi connectivity index (χ1v) is 8.63. The van der Waals surface area contributed by atoms with Gasteiger partial charge in [-0.3, -0.25) is 0 Å². The molecule has 4 aromatic rings. The molecule has 0 atom stereocenters. The Labute approximate surface area is 156 Å². The molecule has 2 heterocycles. The molecule has 26 heavy (non-hydrogen) atoms. The Kier molecular flexibility index (Phi) is 4.06. The molecule has 0 saturated carbocycles. The van der Waals surface area contributed by atoms with Crippen LogP contribution in [-0.2, 0) is 0 Å². The Morgan fingerprint density at radius 2 is 1.85 bits per heavy atom.